The molecule has 16 heavy (non-hydrogen) atoms. The lowest BCUT2D eigenvalue weighted by Gasteiger charge is -2.28. The summed E-state index contributed by atoms with van der Waals surface area (Å²) in [6.07, 6.45) is 5.25. The number of rotatable bonds is 5. The van der Waals surface area contributed by atoms with Crippen LogP contribution < -0.4 is 10.5 Å². The molecule has 4 nitrogen and oxygen atoms in total. The minimum Gasteiger partial charge on any atom is -0.313 e. The lowest BCUT2D eigenvalue weighted by molar-refractivity contribution is 0.363. The van der Waals surface area contributed by atoms with Crippen molar-refractivity contribution in [2.24, 2.45) is 11.1 Å². The maximum Gasteiger partial charge on any atom is 0.213 e. The summed E-state index contributed by atoms with van der Waals surface area (Å²) in [5, 5.41) is 8.04. The monoisotopic (exact) mass is 248 g/mol. The molecule has 2 unspecified atom stereocenters. The molecule has 0 radical (unpaired) electrons. The Hall–Kier alpha value is -0.130. The quantitative estimate of drug-likeness (QED) is 0.768. The van der Waals surface area contributed by atoms with E-state index in [1.54, 1.807) is 0 Å². The zero-order chi connectivity index (χ0) is 12.2. The number of nitrogens with one attached hydrogen (secondary N) is 1. The van der Waals surface area contributed by atoms with Crippen LogP contribution in [0.2, 0.25) is 0 Å². The Morgan fingerprint density at radius 2 is 2.06 bits per heavy atom. The Labute approximate surface area is 99.0 Å². The number of hydrogen-bond acceptors (Lipinski definition) is 3. The molecule has 2 atom stereocenters. The van der Waals surface area contributed by atoms with Crippen molar-refractivity contribution >= 4 is 10.0 Å². The summed E-state index contributed by atoms with van der Waals surface area (Å²) in [4.78, 5) is 0. The topological polar surface area (TPSA) is 72.2 Å². The summed E-state index contributed by atoms with van der Waals surface area (Å²) in [7, 11) is -3.35. The van der Waals surface area contributed by atoms with E-state index in [9.17, 15) is 8.42 Å². The van der Waals surface area contributed by atoms with Gasteiger partial charge in [-0.3, -0.25) is 0 Å². The van der Waals surface area contributed by atoms with Gasteiger partial charge in [-0.15, -0.1) is 0 Å². The predicted octanol–water partition coefficient (Wildman–Crippen LogP) is 1.22. The van der Waals surface area contributed by atoms with Gasteiger partial charge >= 0.3 is 0 Å². The van der Waals surface area contributed by atoms with Crippen LogP contribution in [0.1, 0.15) is 46.0 Å². The summed E-state index contributed by atoms with van der Waals surface area (Å²) in [5.41, 5.74) is 0. The highest BCUT2D eigenvalue weighted by Gasteiger charge is 2.27. The fourth-order valence-electron chi connectivity index (χ4n) is 2.19. The van der Waals surface area contributed by atoms with Crippen LogP contribution in [0.25, 0.3) is 0 Å². The molecule has 0 bridgehead atoms. The van der Waals surface area contributed by atoms with Gasteiger partial charge in [0.15, 0.2) is 0 Å². The molecule has 0 aliphatic carbocycles. The molecule has 5 heteroatoms. The van der Waals surface area contributed by atoms with Gasteiger partial charge in [0, 0.05) is 12.6 Å². The minimum absolute atomic E-state index is 0.381. The van der Waals surface area contributed by atoms with E-state index in [4.69, 9.17) is 5.14 Å². The summed E-state index contributed by atoms with van der Waals surface area (Å²) in [5.74, 6) is 0.751. The average molecular weight is 248 g/mol. The number of nitrogens with two attached hydrogens (primary N) is 1. The van der Waals surface area contributed by atoms with Crippen LogP contribution in [0.4, 0.5) is 0 Å². The molecule has 0 aromatic heterocycles. The van der Waals surface area contributed by atoms with E-state index >= 15 is 0 Å². The molecule has 0 amide bonds. The second-order valence-electron chi connectivity index (χ2n) is 5.22. The van der Waals surface area contributed by atoms with Gasteiger partial charge in [-0.25, -0.2) is 13.6 Å². The van der Waals surface area contributed by atoms with Gasteiger partial charge < -0.3 is 5.32 Å². The van der Waals surface area contributed by atoms with Crippen LogP contribution >= 0.6 is 0 Å². The molecule has 3 N–H and O–H groups in total. The summed E-state index contributed by atoms with van der Waals surface area (Å²) >= 11 is 0. The van der Waals surface area contributed by atoms with Crippen molar-refractivity contribution in [3.05, 3.63) is 0 Å². The molecule has 0 saturated carbocycles. The van der Waals surface area contributed by atoms with Gasteiger partial charge in [-0.05, 0) is 25.2 Å². The largest absolute Gasteiger partial charge is 0.313 e. The van der Waals surface area contributed by atoms with Gasteiger partial charge in [0.2, 0.25) is 10.0 Å². The lowest BCUT2D eigenvalue weighted by Crippen LogP contribution is -2.46. The lowest BCUT2D eigenvalue weighted by atomic mass is 9.97. The van der Waals surface area contributed by atoms with Crippen molar-refractivity contribution in [3.63, 3.8) is 0 Å². The van der Waals surface area contributed by atoms with Crippen molar-refractivity contribution < 1.29 is 8.42 Å². The Morgan fingerprint density at radius 3 is 2.50 bits per heavy atom. The standard InChI is InChI=1S/C11H24N2O2S/c1-9(2)4-3-5-10-6-7-11(8-13-10)16(12,14)15/h9-11,13H,3-8H2,1-2H3,(H2,12,14,15). The van der Waals surface area contributed by atoms with Crippen LogP contribution in [0.15, 0.2) is 0 Å². The van der Waals surface area contributed by atoms with Crippen LogP contribution in [0.3, 0.4) is 0 Å². The zero-order valence-electron chi connectivity index (χ0n) is 10.3. The van der Waals surface area contributed by atoms with E-state index in [2.05, 4.69) is 19.2 Å². The molecular formula is C11H24N2O2S. The average Bonchev–Trinajstić information content (AvgIpc) is 2.16. The molecule has 1 aliphatic heterocycles. The Bertz CT molecular complexity index is 293. The van der Waals surface area contributed by atoms with E-state index in [0.717, 1.165) is 18.8 Å². The summed E-state index contributed by atoms with van der Waals surface area (Å²) in [6.45, 7) is 4.97. The molecule has 0 aromatic carbocycles. The molecular weight excluding hydrogens is 224 g/mol. The maximum atomic E-state index is 11.1. The highest BCUT2D eigenvalue weighted by atomic mass is 32.2. The van der Waals surface area contributed by atoms with Crippen LogP contribution in [0.5, 0.6) is 0 Å². The third-order valence-electron chi connectivity index (χ3n) is 3.27. The van der Waals surface area contributed by atoms with E-state index < -0.39 is 10.0 Å². The van der Waals surface area contributed by atoms with Crippen molar-refractivity contribution in [2.75, 3.05) is 6.54 Å². The smallest absolute Gasteiger partial charge is 0.213 e. The number of primary sulfonamides is 1. The second-order valence-corrected chi connectivity index (χ2v) is 7.06. The number of piperidine rings is 1. The maximum absolute atomic E-state index is 11.1. The van der Waals surface area contributed by atoms with Gasteiger partial charge in [-0.1, -0.05) is 26.7 Å². The molecule has 1 rings (SSSR count). The van der Waals surface area contributed by atoms with Crippen molar-refractivity contribution in [1.29, 1.82) is 0 Å². The Balaban J connectivity index is 2.22. The SMILES string of the molecule is CC(C)CCCC1CCC(S(N)(=O)=O)CN1. The second kappa shape index (κ2) is 5.98. The third-order valence-corrected chi connectivity index (χ3v) is 4.60. The molecule has 1 fully saturated rings. The zero-order valence-corrected chi connectivity index (χ0v) is 11.1. The Morgan fingerprint density at radius 1 is 1.38 bits per heavy atom. The highest BCUT2D eigenvalue weighted by molar-refractivity contribution is 7.89. The Kier molecular flexibility index (Phi) is 5.21. The first-order valence-electron chi connectivity index (χ1n) is 6.14. The molecule has 96 valence electrons. The van der Waals surface area contributed by atoms with Crippen molar-refractivity contribution in [1.82, 2.24) is 5.32 Å². The third kappa shape index (κ3) is 4.80. The summed E-state index contributed by atoms with van der Waals surface area (Å²) in [6, 6.07) is 0.483. The number of hydrogen-bond donors (Lipinski definition) is 2. The van der Waals surface area contributed by atoms with E-state index in [1.807, 2.05) is 0 Å². The van der Waals surface area contributed by atoms with Gasteiger partial charge in [0.05, 0.1) is 5.25 Å². The first kappa shape index (κ1) is 13.9. The van der Waals surface area contributed by atoms with Gasteiger partial charge in [0.25, 0.3) is 0 Å². The molecule has 0 spiro atoms. The molecule has 1 heterocycles. The number of sulfonamides is 1. The van der Waals surface area contributed by atoms with Gasteiger partial charge in [-0.2, -0.15) is 0 Å². The molecule has 0 aromatic rings. The highest BCUT2D eigenvalue weighted by Crippen LogP contribution is 2.18. The van der Waals surface area contributed by atoms with Crippen LogP contribution in [-0.4, -0.2) is 26.3 Å². The summed E-state index contributed by atoms with van der Waals surface area (Å²) < 4.78 is 22.3. The first-order chi connectivity index (χ1) is 7.39. The fourth-order valence-corrected chi connectivity index (χ4v) is 2.98. The normalized spacial score (nSPS) is 27.2. The first-order valence-corrected chi connectivity index (χ1v) is 7.75. The fraction of sp³-hybridized carbons (Fsp3) is 1.00. The predicted molar refractivity (Wildman–Crippen MR) is 66.6 cm³/mol. The minimum atomic E-state index is -3.35. The van der Waals surface area contributed by atoms with Crippen molar-refractivity contribution in [2.45, 2.75) is 57.2 Å². The van der Waals surface area contributed by atoms with E-state index in [1.165, 1.54) is 12.8 Å². The van der Waals surface area contributed by atoms with Crippen LogP contribution in [-0.2, 0) is 10.0 Å². The molecule has 1 aliphatic rings. The van der Waals surface area contributed by atoms with E-state index in [0.29, 0.717) is 19.0 Å². The van der Waals surface area contributed by atoms with Crippen LogP contribution in [0, 0.1) is 5.92 Å². The van der Waals surface area contributed by atoms with Crippen molar-refractivity contribution in [3.8, 4) is 0 Å². The molecule has 1 saturated heterocycles. The van der Waals surface area contributed by atoms with E-state index in [-0.39, 0.29) is 5.25 Å². The van der Waals surface area contributed by atoms with Gasteiger partial charge in [0.1, 0.15) is 0 Å².